The van der Waals surface area contributed by atoms with Gasteiger partial charge in [-0.2, -0.15) is 5.10 Å². The van der Waals surface area contributed by atoms with Crippen LogP contribution >= 0.6 is 0 Å². The summed E-state index contributed by atoms with van der Waals surface area (Å²) in [5.41, 5.74) is 4.59. The van der Waals surface area contributed by atoms with Crippen molar-refractivity contribution in [2.24, 2.45) is 5.10 Å². The zero-order valence-electron chi connectivity index (χ0n) is 13.4. The Kier molecular flexibility index (Phi) is 6.19. The Hall–Kier alpha value is -3.02. The second-order valence-corrected chi connectivity index (χ2v) is 5.27. The maximum absolute atomic E-state index is 12.1. The van der Waals surface area contributed by atoms with Gasteiger partial charge in [-0.15, -0.1) is 0 Å². The lowest BCUT2D eigenvalue weighted by molar-refractivity contribution is -0.384. The van der Waals surface area contributed by atoms with E-state index < -0.39 is 10.8 Å². The Balaban J connectivity index is 2.12. The van der Waals surface area contributed by atoms with Crippen LogP contribution in [-0.4, -0.2) is 16.5 Å². The van der Waals surface area contributed by atoms with E-state index in [1.807, 2.05) is 30.3 Å². The lowest BCUT2D eigenvalue weighted by Gasteiger charge is -2.07. The number of hydrazone groups is 1. The number of hydrogen-bond donors (Lipinski definition) is 1. The first kappa shape index (κ1) is 17.3. The minimum atomic E-state index is -0.502. The van der Waals surface area contributed by atoms with Crippen LogP contribution in [0.5, 0.6) is 0 Å². The molecule has 6 nitrogen and oxygen atoms in total. The van der Waals surface area contributed by atoms with Crippen LogP contribution < -0.4 is 5.43 Å². The molecule has 2 aromatic carbocycles. The summed E-state index contributed by atoms with van der Waals surface area (Å²) in [4.78, 5) is 22.3. The van der Waals surface area contributed by atoms with Crippen molar-refractivity contribution in [1.82, 2.24) is 5.43 Å². The lowest BCUT2D eigenvalue weighted by atomic mass is 10.1. The molecule has 2 aromatic rings. The highest BCUT2D eigenvalue weighted by Gasteiger charge is 2.10. The maximum atomic E-state index is 12.1. The average molecular weight is 325 g/mol. The normalized spacial score (nSPS) is 11.1. The largest absolute Gasteiger partial charge is 0.271 e. The quantitative estimate of drug-likeness (QED) is 0.475. The van der Waals surface area contributed by atoms with Gasteiger partial charge in [0.2, 0.25) is 0 Å². The van der Waals surface area contributed by atoms with Crippen LogP contribution in [0.3, 0.4) is 0 Å². The molecule has 0 unspecified atom stereocenters. The molecule has 2 rings (SSSR count). The highest BCUT2D eigenvalue weighted by atomic mass is 16.6. The van der Waals surface area contributed by atoms with Crippen LogP contribution in [0.15, 0.2) is 59.7 Å². The summed E-state index contributed by atoms with van der Waals surface area (Å²) in [6, 6.07) is 15.1. The highest BCUT2D eigenvalue weighted by Crippen LogP contribution is 2.12. The van der Waals surface area contributed by atoms with Gasteiger partial charge < -0.3 is 0 Å². The molecular formula is C18H19N3O3. The molecule has 1 amide bonds. The molecule has 6 heteroatoms. The van der Waals surface area contributed by atoms with Crippen LogP contribution in [0.4, 0.5) is 5.69 Å². The first-order valence-corrected chi connectivity index (χ1v) is 7.78. The monoisotopic (exact) mass is 325 g/mol. The Morgan fingerprint density at radius 2 is 1.75 bits per heavy atom. The van der Waals surface area contributed by atoms with E-state index in [0.717, 1.165) is 30.5 Å². The Morgan fingerprint density at radius 1 is 1.08 bits per heavy atom. The van der Waals surface area contributed by atoms with Gasteiger partial charge in [0.25, 0.3) is 11.6 Å². The number of nitro groups is 1. The van der Waals surface area contributed by atoms with Crippen molar-refractivity contribution in [3.8, 4) is 0 Å². The minimum absolute atomic E-state index is 0.0528. The van der Waals surface area contributed by atoms with Crippen molar-refractivity contribution in [3.05, 3.63) is 75.8 Å². The summed E-state index contributed by atoms with van der Waals surface area (Å²) < 4.78 is 0. The van der Waals surface area contributed by atoms with Gasteiger partial charge in [-0.05, 0) is 30.5 Å². The summed E-state index contributed by atoms with van der Waals surface area (Å²) in [6.45, 7) is 2.10. The standard InChI is InChI=1S/C18H19N3O3/c1-2-3-9-17(14-7-5-4-6-8-14)19-20-18(22)15-10-12-16(13-11-15)21(23)24/h4-8,10-13H,2-3,9H2,1H3,(H,20,22). The first-order chi connectivity index (χ1) is 11.6. The number of nitrogens with one attached hydrogen (secondary N) is 1. The topological polar surface area (TPSA) is 84.6 Å². The Morgan fingerprint density at radius 3 is 2.33 bits per heavy atom. The molecule has 24 heavy (non-hydrogen) atoms. The summed E-state index contributed by atoms with van der Waals surface area (Å²) in [5.74, 6) is -0.394. The molecule has 0 aliphatic heterocycles. The molecule has 0 atom stereocenters. The summed E-state index contributed by atoms with van der Waals surface area (Å²) in [6.07, 6.45) is 2.77. The molecule has 0 saturated carbocycles. The molecule has 0 fully saturated rings. The van der Waals surface area contributed by atoms with Crippen LogP contribution in [0.1, 0.15) is 42.1 Å². The zero-order chi connectivity index (χ0) is 17.4. The number of carbonyl (C=O) groups excluding carboxylic acids is 1. The van der Waals surface area contributed by atoms with E-state index in [9.17, 15) is 14.9 Å². The summed E-state index contributed by atoms with van der Waals surface area (Å²) >= 11 is 0. The minimum Gasteiger partial charge on any atom is -0.267 e. The van der Waals surface area contributed by atoms with Gasteiger partial charge in [0, 0.05) is 17.7 Å². The predicted molar refractivity (Wildman–Crippen MR) is 93.1 cm³/mol. The number of hydrogen-bond acceptors (Lipinski definition) is 4. The van der Waals surface area contributed by atoms with Crippen molar-refractivity contribution in [3.63, 3.8) is 0 Å². The second kappa shape index (κ2) is 8.57. The van der Waals surface area contributed by atoms with Gasteiger partial charge in [-0.3, -0.25) is 14.9 Å². The van der Waals surface area contributed by atoms with Gasteiger partial charge in [0.1, 0.15) is 0 Å². The maximum Gasteiger partial charge on any atom is 0.271 e. The van der Waals surface area contributed by atoms with Crippen molar-refractivity contribution >= 4 is 17.3 Å². The third kappa shape index (κ3) is 4.74. The number of rotatable bonds is 7. The predicted octanol–water partition coefficient (Wildman–Crippen LogP) is 3.92. The smallest absolute Gasteiger partial charge is 0.267 e. The third-order valence-corrected chi connectivity index (χ3v) is 3.51. The molecule has 0 bridgehead atoms. The van der Waals surface area contributed by atoms with E-state index in [1.165, 1.54) is 24.3 Å². The molecule has 0 spiro atoms. The number of non-ortho nitro benzene ring substituents is 1. The Bertz CT molecular complexity index is 725. The fourth-order valence-electron chi connectivity index (χ4n) is 2.16. The molecule has 1 N–H and O–H groups in total. The van der Waals surface area contributed by atoms with Crippen molar-refractivity contribution in [2.75, 3.05) is 0 Å². The summed E-state index contributed by atoms with van der Waals surface area (Å²) in [5, 5.41) is 14.9. The number of nitro benzene ring substituents is 1. The van der Waals surface area contributed by atoms with E-state index in [0.29, 0.717) is 5.56 Å². The second-order valence-electron chi connectivity index (χ2n) is 5.27. The Labute approximate surface area is 140 Å². The third-order valence-electron chi connectivity index (χ3n) is 3.51. The van der Waals surface area contributed by atoms with E-state index in [4.69, 9.17) is 0 Å². The average Bonchev–Trinajstić information content (AvgIpc) is 2.62. The van der Waals surface area contributed by atoms with Gasteiger partial charge in [-0.25, -0.2) is 5.43 Å². The fraction of sp³-hybridized carbons (Fsp3) is 0.222. The van der Waals surface area contributed by atoms with E-state index in [2.05, 4.69) is 17.5 Å². The molecule has 124 valence electrons. The van der Waals surface area contributed by atoms with Gasteiger partial charge >= 0.3 is 0 Å². The van der Waals surface area contributed by atoms with Crippen molar-refractivity contribution in [1.29, 1.82) is 0 Å². The van der Waals surface area contributed by atoms with Gasteiger partial charge in [-0.1, -0.05) is 43.7 Å². The number of unbranched alkanes of at least 4 members (excludes halogenated alkanes) is 1. The van der Waals surface area contributed by atoms with Crippen LogP contribution in [0.2, 0.25) is 0 Å². The molecule has 0 aliphatic rings. The molecule has 0 heterocycles. The zero-order valence-corrected chi connectivity index (χ0v) is 13.4. The van der Waals surface area contributed by atoms with Gasteiger partial charge in [0.05, 0.1) is 10.6 Å². The first-order valence-electron chi connectivity index (χ1n) is 7.78. The van der Waals surface area contributed by atoms with E-state index in [1.54, 1.807) is 0 Å². The van der Waals surface area contributed by atoms with Crippen molar-refractivity contribution in [2.45, 2.75) is 26.2 Å². The number of benzene rings is 2. The summed E-state index contributed by atoms with van der Waals surface area (Å²) in [7, 11) is 0. The molecule has 0 aliphatic carbocycles. The molecular weight excluding hydrogens is 306 g/mol. The number of nitrogens with zero attached hydrogens (tertiary/aromatic N) is 2. The molecule has 0 saturated heterocycles. The SMILES string of the molecule is CCCCC(=NNC(=O)c1ccc([N+](=O)[O-])cc1)c1ccccc1. The highest BCUT2D eigenvalue weighted by molar-refractivity contribution is 6.02. The number of carbonyl (C=O) groups is 1. The molecule has 0 radical (unpaired) electrons. The van der Waals surface area contributed by atoms with Gasteiger partial charge in [0.15, 0.2) is 0 Å². The number of amides is 1. The van der Waals surface area contributed by atoms with Crippen LogP contribution in [0.25, 0.3) is 0 Å². The lowest BCUT2D eigenvalue weighted by Crippen LogP contribution is -2.20. The van der Waals surface area contributed by atoms with E-state index >= 15 is 0 Å². The fourth-order valence-corrected chi connectivity index (χ4v) is 2.16. The van der Waals surface area contributed by atoms with E-state index in [-0.39, 0.29) is 5.69 Å². The molecule has 0 aromatic heterocycles. The van der Waals surface area contributed by atoms with Crippen LogP contribution in [-0.2, 0) is 0 Å². The van der Waals surface area contributed by atoms with Crippen LogP contribution in [0, 0.1) is 10.1 Å². The van der Waals surface area contributed by atoms with Crippen molar-refractivity contribution < 1.29 is 9.72 Å².